The zero-order valence-corrected chi connectivity index (χ0v) is 15.6. The minimum Gasteiger partial charge on any atom is -0.342 e. The molecule has 2 aromatic carbocycles. The molecule has 0 aliphatic heterocycles. The van der Waals surface area contributed by atoms with Gasteiger partial charge in [-0.1, -0.05) is 29.3 Å². The molecule has 0 radical (unpaired) electrons. The molecule has 2 rings (SSSR count). The summed E-state index contributed by atoms with van der Waals surface area (Å²) in [6.07, 6.45) is 0. The molecular weight excluding hydrogens is 380 g/mol. The van der Waals surface area contributed by atoms with Gasteiger partial charge in [-0.15, -0.1) is 0 Å². The van der Waals surface area contributed by atoms with E-state index in [1.165, 1.54) is 24.3 Å². The van der Waals surface area contributed by atoms with Gasteiger partial charge in [0.25, 0.3) is 5.91 Å². The molecule has 0 aromatic heterocycles. The van der Waals surface area contributed by atoms with Gasteiger partial charge in [0.1, 0.15) is 11.9 Å². The van der Waals surface area contributed by atoms with Crippen LogP contribution in [0.4, 0.5) is 10.1 Å². The number of hydrogen-bond donors (Lipinski definition) is 3. The van der Waals surface area contributed by atoms with Crippen molar-refractivity contribution in [1.29, 1.82) is 0 Å². The molecule has 0 unspecified atom stereocenters. The summed E-state index contributed by atoms with van der Waals surface area (Å²) in [7, 11) is 0. The first-order valence-electron chi connectivity index (χ1n) is 7.95. The maximum atomic E-state index is 12.8. The van der Waals surface area contributed by atoms with E-state index in [1.807, 2.05) is 18.3 Å². The lowest BCUT2D eigenvalue weighted by Gasteiger charge is -2.13. The fourth-order valence-corrected chi connectivity index (χ4v) is 2.85. The van der Waals surface area contributed by atoms with Gasteiger partial charge < -0.3 is 16.0 Å². The number of nitrogens with one attached hydrogen (secondary N) is 2. The van der Waals surface area contributed by atoms with Gasteiger partial charge in [0.15, 0.2) is 6.54 Å². The lowest BCUT2D eigenvalue weighted by Crippen LogP contribution is -2.87. The molecule has 138 valence electrons. The zero-order chi connectivity index (χ0) is 19.1. The van der Waals surface area contributed by atoms with Gasteiger partial charge in [0, 0.05) is 16.3 Å². The van der Waals surface area contributed by atoms with Crippen LogP contribution in [0.1, 0.15) is 18.5 Å². The summed E-state index contributed by atoms with van der Waals surface area (Å²) in [5.74, 6) is -1.06. The molecule has 0 aliphatic carbocycles. The van der Waals surface area contributed by atoms with E-state index in [9.17, 15) is 14.0 Å². The SMILES string of the molecule is C[C@@H]([NH2+]CC(=O)NCC(=O)Nc1ccc(F)cc1)c1ccc(Cl)cc1Cl. The lowest BCUT2D eigenvalue weighted by molar-refractivity contribution is -0.682. The van der Waals surface area contributed by atoms with Crippen LogP contribution >= 0.6 is 23.2 Å². The van der Waals surface area contributed by atoms with Gasteiger partial charge in [-0.25, -0.2) is 4.39 Å². The Morgan fingerprint density at radius 3 is 2.46 bits per heavy atom. The number of nitrogens with two attached hydrogens (primary N) is 1. The van der Waals surface area contributed by atoms with Gasteiger partial charge in [0.2, 0.25) is 5.91 Å². The summed E-state index contributed by atoms with van der Waals surface area (Å²) in [6, 6.07) is 10.5. The van der Waals surface area contributed by atoms with Crippen LogP contribution in [0.25, 0.3) is 0 Å². The first kappa shape index (κ1) is 20.2. The Bertz CT molecular complexity index is 785. The number of rotatable bonds is 7. The van der Waals surface area contributed by atoms with Crippen LogP contribution in [0, 0.1) is 5.82 Å². The van der Waals surface area contributed by atoms with E-state index < -0.39 is 5.91 Å². The standard InChI is InChI=1S/C18H18Cl2FN3O2/c1-11(15-7-2-12(19)8-16(15)20)22-9-17(25)23-10-18(26)24-14-5-3-13(21)4-6-14/h2-8,11,22H,9-10H2,1H3,(H,23,25)(H,24,26)/p+1/t11-/m1/s1. The number of hydrogen-bond acceptors (Lipinski definition) is 2. The molecule has 0 saturated heterocycles. The Balaban J connectivity index is 1.74. The third-order valence-corrected chi connectivity index (χ3v) is 4.25. The molecule has 5 nitrogen and oxygen atoms in total. The molecule has 0 saturated carbocycles. The highest BCUT2D eigenvalue weighted by Crippen LogP contribution is 2.24. The molecule has 2 aromatic rings. The summed E-state index contributed by atoms with van der Waals surface area (Å²) >= 11 is 12.0. The average molecular weight is 399 g/mol. The van der Waals surface area contributed by atoms with E-state index in [-0.39, 0.29) is 30.9 Å². The van der Waals surface area contributed by atoms with Crippen molar-refractivity contribution in [2.75, 3.05) is 18.4 Å². The Kier molecular flexibility index (Phi) is 7.38. The van der Waals surface area contributed by atoms with Crippen LogP contribution in [0.2, 0.25) is 10.0 Å². The van der Waals surface area contributed by atoms with Crippen molar-refractivity contribution in [3.8, 4) is 0 Å². The monoisotopic (exact) mass is 398 g/mol. The summed E-state index contributed by atoms with van der Waals surface area (Å²) in [5, 5.41) is 8.00. The van der Waals surface area contributed by atoms with E-state index in [1.54, 1.807) is 12.1 Å². The first-order chi connectivity index (χ1) is 12.3. The van der Waals surface area contributed by atoms with E-state index in [0.717, 1.165) is 5.56 Å². The maximum absolute atomic E-state index is 12.8. The molecule has 26 heavy (non-hydrogen) atoms. The Morgan fingerprint density at radius 1 is 1.12 bits per heavy atom. The highest BCUT2D eigenvalue weighted by Gasteiger charge is 2.15. The second kappa shape index (κ2) is 9.52. The molecule has 4 N–H and O–H groups in total. The highest BCUT2D eigenvalue weighted by molar-refractivity contribution is 6.35. The maximum Gasteiger partial charge on any atom is 0.275 e. The van der Waals surface area contributed by atoms with Crippen molar-refractivity contribution >= 4 is 40.7 Å². The van der Waals surface area contributed by atoms with E-state index in [0.29, 0.717) is 15.7 Å². The number of benzene rings is 2. The number of carbonyl (C=O) groups is 2. The summed E-state index contributed by atoms with van der Waals surface area (Å²) in [5.41, 5.74) is 1.33. The Labute approximate surface area is 160 Å². The topological polar surface area (TPSA) is 74.8 Å². The van der Waals surface area contributed by atoms with Crippen molar-refractivity contribution in [2.24, 2.45) is 0 Å². The number of quaternary nitrogens is 1. The van der Waals surface area contributed by atoms with Crippen LogP contribution in [-0.2, 0) is 9.59 Å². The highest BCUT2D eigenvalue weighted by atomic mass is 35.5. The van der Waals surface area contributed by atoms with Crippen LogP contribution in [-0.4, -0.2) is 24.9 Å². The third-order valence-electron chi connectivity index (χ3n) is 3.68. The number of halogens is 3. The van der Waals surface area contributed by atoms with Gasteiger partial charge in [-0.05, 0) is 43.3 Å². The lowest BCUT2D eigenvalue weighted by atomic mass is 10.1. The molecule has 0 heterocycles. The van der Waals surface area contributed by atoms with Gasteiger partial charge in [0.05, 0.1) is 11.6 Å². The Morgan fingerprint density at radius 2 is 1.81 bits per heavy atom. The van der Waals surface area contributed by atoms with Gasteiger partial charge >= 0.3 is 0 Å². The molecule has 0 bridgehead atoms. The molecule has 1 atom stereocenters. The predicted molar refractivity (Wildman–Crippen MR) is 99.7 cm³/mol. The number of amides is 2. The second-order valence-electron chi connectivity index (χ2n) is 5.73. The second-order valence-corrected chi connectivity index (χ2v) is 6.57. The molecule has 0 aliphatic rings. The quantitative estimate of drug-likeness (QED) is 0.670. The number of anilines is 1. The van der Waals surface area contributed by atoms with Crippen molar-refractivity contribution in [3.63, 3.8) is 0 Å². The van der Waals surface area contributed by atoms with Crippen molar-refractivity contribution in [2.45, 2.75) is 13.0 Å². The minimum atomic E-state index is -0.390. The van der Waals surface area contributed by atoms with Crippen LogP contribution in [0.15, 0.2) is 42.5 Å². The smallest absolute Gasteiger partial charge is 0.275 e. The van der Waals surface area contributed by atoms with Crippen molar-refractivity contribution < 1.29 is 19.3 Å². The van der Waals surface area contributed by atoms with Crippen LogP contribution in [0.5, 0.6) is 0 Å². The van der Waals surface area contributed by atoms with E-state index in [2.05, 4.69) is 10.6 Å². The van der Waals surface area contributed by atoms with Crippen LogP contribution < -0.4 is 16.0 Å². The third kappa shape index (κ3) is 6.29. The molecular formula is C18H19Cl2FN3O2+. The molecule has 0 fully saturated rings. The first-order valence-corrected chi connectivity index (χ1v) is 8.71. The molecule has 8 heteroatoms. The minimum absolute atomic E-state index is 0.0430. The van der Waals surface area contributed by atoms with E-state index >= 15 is 0 Å². The molecule has 2 amide bonds. The fourth-order valence-electron chi connectivity index (χ4n) is 2.27. The largest absolute Gasteiger partial charge is 0.342 e. The van der Waals surface area contributed by atoms with E-state index in [4.69, 9.17) is 23.2 Å². The predicted octanol–water partition coefficient (Wildman–Crippen LogP) is 2.51. The van der Waals surface area contributed by atoms with Gasteiger partial charge in [-0.3, -0.25) is 9.59 Å². The summed E-state index contributed by atoms with van der Waals surface area (Å²) < 4.78 is 12.8. The summed E-state index contributed by atoms with van der Waals surface area (Å²) in [6.45, 7) is 1.90. The van der Waals surface area contributed by atoms with Crippen molar-refractivity contribution in [3.05, 3.63) is 63.9 Å². The van der Waals surface area contributed by atoms with Crippen molar-refractivity contribution in [1.82, 2.24) is 5.32 Å². The fraction of sp³-hybridized carbons (Fsp3) is 0.222. The van der Waals surface area contributed by atoms with Crippen LogP contribution in [0.3, 0.4) is 0 Å². The average Bonchev–Trinajstić information content (AvgIpc) is 2.60. The molecule has 0 spiro atoms. The summed E-state index contributed by atoms with van der Waals surface area (Å²) in [4.78, 5) is 23.7. The zero-order valence-electron chi connectivity index (χ0n) is 14.1. The normalized spacial score (nSPS) is 11.7. The number of carbonyl (C=O) groups excluding carboxylic acids is 2. The Hall–Kier alpha value is -2.15. The van der Waals surface area contributed by atoms with Gasteiger partial charge in [-0.2, -0.15) is 0 Å².